The van der Waals surface area contributed by atoms with Crippen LogP contribution in [-0.4, -0.2) is 24.5 Å². The fourth-order valence-corrected chi connectivity index (χ4v) is 3.14. The average molecular weight is 341 g/mol. The van der Waals surface area contributed by atoms with Crippen molar-refractivity contribution in [2.45, 2.75) is 6.92 Å². The summed E-state index contributed by atoms with van der Waals surface area (Å²) in [7, 11) is 0. The summed E-state index contributed by atoms with van der Waals surface area (Å²) in [6.07, 6.45) is 7.56. The van der Waals surface area contributed by atoms with Crippen molar-refractivity contribution in [3.05, 3.63) is 73.0 Å². The van der Waals surface area contributed by atoms with Crippen LogP contribution in [0.2, 0.25) is 0 Å². The molecule has 0 fully saturated rings. The maximum Gasteiger partial charge on any atom is 0.143 e. The number of aromatic nitrogens is 5. The SMILES string of the molecule is Cc1onc(-c2ccccc2)c1-c1cn2cc(-c3ncc[nH]3)ccc2n1. The normalized spacial score (nSPS) is 11.3. The van der Waals surface area contributed by atoms with E-state index >= 15 is 0 Å². The van der Waals surface area contributed by atoms with Crippen LogP contribution in [0, 0.1) is 6.92 Å². The van der Waals surface area contributed by atoms with Crippen LogP contribution in [0.5, 0.6) is 0 Å². The molecule has 4 aromatic heterocycles. The van der Waals surface area contributed by atoms with Crippen LogP contribution >= 0.6 is 0 Å². The van der Waals surface area contributed by atoms with Gasteiger partial charge in [0.15, 0.2) is 0 Å². The van der Waals surface area contributed by atoms with Crippen LogP contribution in [0.1, 0.15) is 5.76 Å². The van der Waals surface area contributed by atoms with E-state index < -0.39 is 0 Å². The maximum absolute atomic E-state index is 5.47. The van der Waals surface area contributed by atoms with E-state index in [4.69, 9.17) is 9.51 Å². The van der Waals surface area contributed by atoms with Crippen molar-refractivity contribution in [1.29, 1.82) is 0 Å². The Bertz CT molecular complexity index is 1190. The Balaban J connectivity index is 1.65. The van der Waals surface area contributed by atoms with Gasteiger partial charge in [-0.25, -0.2) is 9.97 Å². The van der Waals surface area contributed by atoms with Crippen molar-refractivity contribution in [2.75, 3.05) is 0 Å². The minimum atomic E-state index is 0.749. The van der Waals surface area contributed by atoms with Gasteiger partial charge in [0, 0.05) is 35.9 Å². The van der Waals surface area contributed by atoms with Crippen molar-refractivity contribution >= 4 is 5.65 Å². The molecule has 0 bridgehead atoms. The first-order valence-electron chi connectivity index (χ1n) is 8.30. The molecule has 26 heavy (non-hydrogen) atoms. The number of aryl methyl sites for hydroxylation is 1. The van der Waals surface area contributed by atoms with Gasteiger partial charge in [0.2, 0.25) is 0 Å². The van der Waals surface area contributed by atoms with Gasteiger partial charge in [0.05, 0.1) is 11.3 Å². The van der Waals surface area contributed by atoms with Crippen molar-refractivity contribution in [1.82, 2.24) is 24.5 Å². The molecule has 5 aromatic rings. The lowest BCUT2D eigenvalue weighted by molar-refractivity contribution is 0.400. The molecule has 0 spiro atoms. The molecule has 0 aliphatic carbocycles. The molecule has 6 heteroatoms. The summed E-state index contributed by atoms with van der Waals surface area (Å²) in [4.78, 5) is 12.2. The molecule has 0 atom stereocenters. The molecule has 1 N–H and O–H groups in total. The highest BCUT2D eigenvalue weighted by molar-refractivity contribution is 5.81. The van der Waals surface area contributed by atoms with Gasteiger partial charge in [0.1, 0.15) is 22.9 Å². The van der Waals surface area contributed by atoms with Crippen LogP contribution in [0.15, 0.2) is 71.8 Å². The van der Waals surface area contributed by atoms with Gasteiger partial charge in [-0.1, -0.05) is 35.5 Å². The number of nitrogens with zero attached hydrogens (tertiary/aromatic N) is 4. The van der Waals surface area contributed by atoms with Crippen LogP contribution < -0.4 is 0 Å². The van der Waals surface area contributed by atoms with E-state index in [2.05, 4.69) is 15.1 Å². The first-order chi connectivity index (χ1) is 12.8. The van der Waals surface area contributed by atoms with Crippen molar-refractivity contribution in [3.8, 4) is 33.9 Å². The summed E-state index contributed by atoms with van der Waals surface area (Å²) in [5.41, 5.74) is 5.41. The Labute approximate surface area is 149 Å². The molecule has 126 valence electrons. The zero-order chi connectivity index (χ0) is 17.5. The number of H-pyrrole nitrogens is 1. The number of imidazole rings is 2. The second kappa shape index (κ2) is 5.70. The number of fused-ring (bicyclic) bond motifs is 1. The van der Waals surface area contributed by atoms with Crippen LogP contribution in [0.3, 0.4) is 0 Å². The molecule has 1 aromatic carbocycles. The number of nitrogens with one attached hydrogen (secondary N) is 1. The number of hydrogen-bond donors (Lipinski definition) is 1. The third-order valence-electron chi connectivity index (χ3n) is 4.39. The Kier molecular flexibility index (Phi) is 3.21. The largest absolute Gasteiger partial charge is 0.360 e. The van der Waals surface area contributed by atoms with Gasteiger partial charge in [-0.3, -0.25) is 0 Å². The van der Waals surface area contributed by atoms with E-state index in [-0.39, 0.29) is 0 Å². The molecule has 0 amide bonds. The molecule has 6 nitrogen and oxygen atoms in total. The van der Waals surface area contributed by atoms with E-state index in [1.807, 2.05) is 72.4 Å². The second-order valence-corrected chi connectivity index (χ2v) is 6.08. The molecule has 0 radical (unpaired) electrons. The Morgan fingerprint density at radius 2 is 1.88 bits per heavy atom. The van der Waals surface area contributed by atoms with Crippen molar-refractivity contribution in [2.24, 2.45) is 0 Å². The molecule has 5 rings (SSSR count). The van der Waals surface area contributed by atoms with Crippen LogP contribution in [-0.2, 0) is 0 Å². The topological polar surface area (TPSA) is 72.0 Å². The predicted molar refractivity (Wildman–Crippen MR) is 98.4 cm³/mol. The number of aromatic amines is 1. The monoisotopic (exact) mass is 341 g/mol. The summed E-state index contributed by atoms with van der Waals surface area (Å²) < 4.78 is 7.46. The quantitative estimate of drug-likeness (QED) is 0.529. The number of rotatable bonds is 3. The summed E-state index contributed by atoms with van der Waals surface area (Å²) >= 11 is 0. The summed E-state index contributed by atoms with van der Waals surface area (Å²) in [6.45, 7) is 1.91. The summed E-state index contributed by atoms with van der Waals surface area (Å²) in [5, 5.41) is 4.25. The second-order valence-electron chi connectivity index (χ2n) is 6.08. The lowest BCUT2D eigenvalue weighted by Gasteiger charge is -1.99. The van der Waals surface area contributed by atoms with Crippen molar-refractivity contribution < 1.29 is 4.52 Å². The zero-order valence-corrected chi connectivity index (χ0v) is 14.0. The van der Waals surface area contributed by atoms with E-state index in [0.29, 0.717) is 0 Å². The third kappa shape index (κ3) is 2.31. The molecule has 0 saturated carbocycles. The average Bonchev–Trinajstić information content (AvgIpc) is 3.40. The molecule has 0 aliphatic heterocycles. The highest BCUT2D eigenvalue weighted by Crippen LogP contribution is 2.33. The Morgan fingerprint density at radius 3 is 2.69 bits per heavy atom. The fraction of sp³-hybridized carbons (Fsp3) is 0.0500. The molecular weight excluding hydrogens is 326 g/mol. The summed E-state index contributed by atoms with van der Waals surface area (Å²) in [5.74, 6) is 1.58. The summed E-state index contributed by atoms with van der Waals surface area (Å²) in [6, 6.07) is 14.0. The van der Waals surface area contributed by atoms with Crippen LogP contribution in [0.25, 0.3) is 39.5 Å². The lowest BCUT2D eigenvalue weighted by atomic mass is 10.0. The first kappa shape index (κ1) is 14.7. The van der Waals surface area contributed by atoms with E-state index in [1.54, 1.807) is 6.20 Å². The highest BCUT2D eigenvalue weighted by atomic mass is 16.5. The molecular formula is C20H15N5O. The number of pyridine rings is 1. The van der Waals surface area contributed by atoms with Gasteiger partial charge < -0.3 is 13.9 Å². The van der Waals surface area contributed by atoms with E-state index in [9.17, 15) is 0 Å². The van der Waals surface area contributed by atoms with Crippen molar-refractivity contribution in [3.63, 3.8) is 0 Å². The van der Waals surface area contributed by atoms with Gasteiger partial charge in [-0.05, 0) is 19.1 Å². The highest BCUT2D eigenvalue weighted by Gasteiger charge is 2.19. The van der Waals surface area contributed by atoms with Crippen LogP contribution in [0.4, 0.5) is 0 Å². The third-order valence-corrected chi connectivity index (χ3v) is 4.39. The molecule has 0 saturated heterocycles. The molecule has 0 unspecified atom stereocenters. The minimum absolute atomic E-state index is 0.749. The fourth-order valence-electron chi connectivity index (χ4n) is 3.14. The Morgan fingerprint density at radius 1 is 1.00 bits per heavy atom. The minimum Gasteiger partial charge on any atom is -0.360 e. The van der Waals surface area contributed by atoms with Gasteiger partial charge >= 0.3 is 0 Å². The van der Waals surface area contributed by atoms with Gasteiger partial charge in [-0.15, -0.1) is 0 Å². The smallest absolute Gasteiger partial charge is 0.143 e. The molecule has 4 heterocycles. The number of hydrogen-bond acceptors (Lipinski definition) is 4. The maximum atomic E-state index is 5.47. The van der Waals surface area contributed by atoms with Gasteiger partial charge in [0.25, 0.3) is 0 Å². The molecule has 0 aliphatic rings. The van der Waals surface area contributed by atoms with Gasteiger partial charge in [-0.2, -0.15) is 0 Å². The lowest BCUT2D eigenvalue weighted by Crippen LogP contribution is -1.86. The zero-order valence-electron chi connectivity index (χ0n) is 14.0. The number of benzene rings is 1. The standard InChI is InChI=1S/C20H15N5O/c1-13-18(19(24-26-13)14-5-3-2-4-6-14)16-12-25-11-15(7-8-17(25)23-16)20-21-9-10-22-20/h2-12H,1H3,(H,21,22). The predicted octanol–water partition coefficient (Wildman–Crippen LogP) is 4.35. The van der Waals surface area contributed by atoms with E-state index in [0.717, 1.165) is 45.3 Å². The van der Waals surface area contributed by atoms with E-state index in [1.165, 1.54) is 0 Å². The Hall–Kier alpha value is -3.67. The first-order valence-corrected chi connectivity index (χ1v) is 8.30.